The summed E-state index contributed by atoms with van der Waals surface area (Å²) < 4.78 is 5.78. The van der Waals surface area contributed by atoms with Crippen molar-refractivity contribution < 1.29 is 9.84 Å². The van der Waals surface area contributed by atoms with E-state index in [4.69, 9.17) is 4.74 Å². The lowest BCUT2D eigenvalue weighted by Gasteiger charge is -2.13. The lowest BCUT2D eigenvalue weighted by Crippen LogP contribution is -2.00. The largest absolute Gasteiger partial charge is 0.488 e. The minimum absolute atomic E-state index is 0.513. The second kappa shape index (κ2) is 4.67. The summed E-state index contributed by atoms with van der Waals surface area (Å²) in [7, 11) is 0. The lowest BCUT2D eigenvalue weighted by molar-refractivity contribution is 0.218. The van der Waals surface area contributed by atoms with Crippen LogP contribution >= 0.6 is 11.8 Å². The highest BCUT2D eigenvalue weighted by atomic mass is 32.2. The fourth-order valence-electron chi connectivity index (χ4n) is 2.25. The van der Waals surface area contributed by atoms with Crippen LogP contribution in [0.15, 0.2) is 47.4 Å². The molecule has 0 saturated carbocycles. The topological polar surface area (TPSA) is 29.5 Å². The van der Waals surface area contributed by atoms with Crippen molar-refractivity contribution in [1.29, 1.82) is 0 Å². The van der Waals surface area contributed by atoms with Gasteiger partial charge in [0.2, 0.25) is 0 Å². The molecular weight excluding hydrogens is 244 g/mol. The Morgan fingerprint density at radius 3 is 2.83 bits per heavy atom. The van der Waals surface area contributed by atoms with Crippen LogP contribution in [0.25, 0.3) is 0 Å². The molecular formula is C15H14O2S. The average molecular weight is 258 g/mol. The molecule has 3 rings (SSSR count). The quantitative estimate of drug-likeness (QED) is 0.795. The molecule has 1 atom stereocenters. The molecule has 0 radical (unpaired) electrons. The average Bonchev–Trinajstić information content (AvgIpc) is 2.57. The number of fused-ring (bicyclic) bond motifs is 2. The predicted molar refractivity (Wildman–Crippen MR) is 73.1 cm³/mol. The van der Waals surface area contributed by atoms with E-state index in [9.17, 15) is 5.11 Å². The molecule has 0 amide bonds. The fourth-order valence-corrected chi connectivity index (χ4v) is 2.70. The lowest BCUT2D eigenvalue weighted by atomic mass is 9.98. The molecule has 1 aliphatic rings. The van der Waals surface area contributed by atoms with Crippen LogP contribution in [0.4, 0.5) is 0 Å². The van der Waals surface area contributed by atoms with Crippen molar-refractivity contribution in [3.63, 3.8) is 0 Å². The van der Waals surface area contributed by atoms with E-state index in [1.54, 1.807) is 11.8 Å². The molecule has 2 aromatic rings. The Kier molecular flexibility index (Phi) is 3.02. The summed E-state index contributed by atoms with van der Waals surface area (Å²) in [6, 6.07) is 13.9. The van der Waals surface area contributed by atoms with E-state index < -0.39 is 6.10 Å². The number of thioether (sulfide) groups is 1. The Hall–Kier alpha value is -1.45. The number of hydrogen-bond donors (Lipinski definition) is 1. The molecule has 2 nitrogen and oxygen atoms in total. The van der Waals surface area contributed by atoms with Gasteiger partial charge in [-0.15, -0.1) is 11.8 Å². The van der Waals surface area contributed by atoms with Crippen LogP contribution < -0.4 is 4.74 Å². The smallest absolute Gasteiger partial charge is 0.126 e. The summed E-state index contributed by atoms with van der Waals surface area (Å²) in [5.41, 5.74) is 2.84. The zero-order valence-electron chi connectivity index (χ0n) is 10.1. The van der Waals surface area contributed by atoms with Crippen LogP contribution in [0.1, 0.15) is 22.8 Å². The van der Waals surface area contributed by atoms with Gasteiger partial charge in [-0.2, -0.15) is 0 Å². The van der Waals surface area contributed by atoms with Crippen molar-refractivity contribution in [1.82, 2.24) is 0 Å². The maximum Gasteiger partial charge on any atom is 0.126 e. The molecule has 18 heavy (non-hydrogen) atoms. The van der Waals surface area contributed by atoms with Gasteiger partial charge < -0.3 is 9.84 Å². The Labute approximate surface area is 111 Å². The number of aliphatic hydroxyl groups excluding tert-OH is 1. The molecule has 3 heteroatoms. The van der Waals surface area contributed by atoms with Crippen molar-refractivity contribution in [2.24, 2.45) is 0 Å². The van der Waals surface area contributed by atoms with Crippen molar-refractivity contribution in [3.8, 4) is 5.75 Å². The summed E-state index contributed by atoms with van der Waals surface area (Å²) >= 11 is 1.67. The van der Waals surface area contributed by atoms with Gasteiger partial charge in [0, 0.05) is 10.5 Å². The molecule has 0 saturated heterocycles. The Morgan fingerprint density at radius 1 is 1.17 bits per heavy atom. The van der Waals surface area contributed by atoms with Crippen LogP contribution in [0.5, 0.6) is 5.75 Å². The summed E-state index contributed by atoms with van der Waals surface area (Å²) in [6.07, 6.45) is 1.42. The van der Waals surface area contributed by atoms with Crippen molar-refractivity contribution in [3.05, 3.63) is 59.2 Å². The van der Waals surface area contributed by atoms with Gasteiger partial charge in [0.05, 0.1) is 0 Å². The zero-order chi connectivity index (χ0) is 12.5. The maximum absolute atomic E-state index is 10.5. The molecule has 92 valence electrons. The van der Waals surface area contributed by atoms with Gasteiger partial charge >= 0.3 is 0 Å². The molecule has 1 heterocycles. The number of rotatable bonds is 1. The molecule has 0 spiro atoms. The van der Waals surface area contributed by atoms with E-state index in [1.165, 1.54) is 0 Å². The molecule has 0 bridgehead atoms. The second-order valence-corrected chi connectivity index (χ2v) is 5.17. The first-order valence-corrected chi connectivity index (χ1v) is 7.08. The van der Waals surface area contributed by atoms with E-state index in [1.807, 2.05) is 48.7 Å². The van der Waals surface area contributed by atoms with E-state index >= 15 is 0 Å². The third-order valence-corrected chi connectivity index (χ3v) is 3.97. The Bertz CT molecular complexity index is 580. The van der Waals surface area contributed by atoms with Gasteiger partial charge in [-0.3, -0.25) is 0 Å². The maximum atomic E-state index is 10.5. The molecule has 1 aliphatic heterocycles. The third kappa shape index (κ3) is 1.89. The summed E-state index contributed by atoms with van der Waals surface area (Å²) in [5, 5.41) is 10.5. The standard InChI is InChI=1S/C15H14O2S/c1-18-11-6-7-14-13(8-11)15(16)12-5-3-2-4-10(12)9-17-14/h2-8,15-16H,9H2,1H3. The molecule has 2 aromatic carbocycles. The van der Waals surface area contributed by atoms with E-state index in [0.717, 1.165) is 27.3 Å². The molecule has 0 aromatic heterocycles. The highest BCUT2D eigenvalue weighted by Gasteiger charge is 2.22. The molecule has 0 fully saturated rings. The Morgan fingerprint density at radius 2 is 2.00 bits per heavy atom. The fraction of sp³-hybridized carbons (Fsp3) is 0.200. The highest BCUT2D eigenvalue weighted by Crippen LogP contribution is 2.37. The third-order valence-electron chi connectivity index (χ3n) is 3.24. The first-order chi connectivity index (χ1) is 8.79. The monoisotopic (exact) mass is 258 g/mol. The van der Waals surface area contributed by atoms with Gasteiger partial charge in [0.1, 0.15) is 18.5 Å². The zero-order valence-corrected chi connectivity index (χ0v) is 10.9. The van der Waals surface area contributed by atoms with Crippen molar-refractivity contribution in [2.45, 2.75) is 17.6 Å². The van der Waals surface area contributed by atoms with E-state index in [2.05, 4.69) is 0 Å². The first kappa shape index (κ1) is 11.6. The van der Waals surface area contributed by atoms with Crippen molar-refractivity contribution in [2.75, 3.05) is 6.26 Å². The second-order valence-electron chi connectivity index (χ2n) is 4.29. The molecule has 0 aliphatic carbocycles. The predicted octanol–water partition coefficient (Wildman–Crippen LogP) is 3.38. The normalized spacial score (nSPS) is 17.3. The molecule has 1 unspecified atom stereocenters. The van der Waals surface area contributed by atoms with Crippen LogP contribution in [0, 0.1) is 0 Å². The first-order valence-electron chi connectivity index (χ1n) is 5.86. The van der Waals surface area contributed by atoms with E-state index in [-0.39, 0.29) is 0 Å². The van der Waals surface area contributed by atoms with Gasteiger partial charge in [-0.25, -0.2) is 0 Å². The minimum atomic E-state index is -0.606. The van der Waals surface area contributed by atoms with Crippen LogP contribution in [-0.4, -0.2) is 11.4 Å². The van der Waals surface area contributed by atoms with Crippen LogP contribution in [0.2, 0.25) is 0 Å². The summed E-state index contributed by atoms with van der Waals surface area (Å²) in [5.74, 6) is 0.775. The van der Waals surface area contributed by atoms with Gasteiger partial charge in [0.25, 0.3) is 0 Å². The summed E-state index contributed by atoms with van der Waals surface area (Å²) in [4.78, 5) is 1.13. The summed E-state index contributed by atoms with van der Waals surface area (Å²) in [6.45, 7) is 0.513. The number of benzene rings is 2. The Balaban J connectivity index is 2.14. The van der Waals surface area contributed by atoms with E-state index in [0.29, 0.717) is 6.61 Å². The molecule has 1 N–H and O–H groups in total. The van der Waals surface area contributed by atoms with Crippen molar-refractivity contribution >= 4 is 11.8 Å². The number of hydrogen-bond acceptors (Lipinski definition) is 3. The highest BCUT2D eigenvalue weighted by molar-refractivity contribution is 7.98. The van der Waals surface area contributed by atoms with Crippen LogP contribution in [-0.2, 0) is 6.61 Å². The minimum Gasteiger partial charge on any atom is -0.488 e. The number of ether oxygens (including phenoxy) is 1. The van der Waals surface area contributed by atoms with Crippen LogP contribution in [0.3, 0.4) is 0 Å². The van der Waals surface area contributed by atoms with Gasteiger partial charge in [-0.1, -0.05) is 24.3 Å². The SMILES string of the molecule is CSc1ccc2c(c1)C(O)c1ccccc1CO2. The van der Waals surface area contributed by atoms with Gasteiger partial charge in [-0.05, 0) is 35.6 Å². The number of aliphatic hydroxyl groups is 1. The van der Waals surface area contributed by atoms with Gasteiger partial charge in [0.15, 0.2) is 0 Å².